The first-order chi connectivity index (χ1) is 16.0. The van der Waals surface area contributed by atoms with Gasteiger partial charge in [0.1, 0.15) is 10.8 Å². The molecule has 0 atom stereocenters. The van der Waals surface area contributed by atoms with E-state index in [1.807, 2.05) is 19.1 Å². The first-order valence-electron chi connectivity index (χ1n) is 9.86. The zero-order valence-corrected chi connectivity index (χ0v) is 19.7. The standard InChI is InChI=1S/C22H23N5O5S/c1-6-31-17-11-15(12-23-20(17)29-3)18(21(33-5)26-22(28)30-4)25-16-9-7-14(8-10-16)19-24-13(2)32-27-19/h7-12H,6H2,1-5H3/b25-18-,26-21-. The van der Waals surface area contributed by atoms with Crippen molar-refractivity contribution in [2.45, 2.75) is 13.8 Å². The van der Waals surface area contributed by atoms with Crippen molar-refractivity contribution in [3.05, 3.63) is 48.0 Å². The molecule has 0 unspecified atom stereocenters. The van der Waals surface area contributed by atoms with Crippen LogP contribution in [0.3, 0.4) is 0 Å². The van der Waals surface area contributed by atoms with E-state index in [9.17, 15) is 4.79 Å². The molecule has 0 radical (unpaired) electrons. The third kappa shape index (κ3) is 5.95. The van der Waals surface area contributed by atoms with Crippen LogP contribution in [0, 0.1) is 6.92 Å². The molecule has 3 aromatic rings. The Morgan fingerprint density at radius 3 is 2.55 bits per heavy atom. The van der Waals surface area contributed by atoms with Crippen molar-refractivity contribution in [3.8, 4) is 23.0 Å². The number of nitrogens with zero attached hydrogens (tertiary/aromatic N) is 5. The molecule has 11 heteroatoms. The lowest BCUT2D eigenvalue weighted by atomic mass is 10.1. The van der Waals surface area contributed by atoms with E-state index in [1.54, 1.807) is 37.6 Å². The van der Waals surface area contributed by atoms with Gasteiger partial charge in [-0.2, -0.15) is 9.98 Å². The number of aromatic nitrogens is 3. The molecule has 0 aliphatic heterocycles. The van der Waals surface area contributed by atoms with Crippen LogP contribution in [0.5, 0.6) is 11.6 Å². The third-order valence-electron chi connectivity index (χ3n) is 4.24. The summed E-state index contributed by atoms with van der Waals surface area (Å²) in [6.45, 7) is 4.02. The second-order valence-electron chi connectivity index (χ2n) is 6.40. The Bertz CT molecular complexity index is 1170. The van der Waals surface area contributed by atoms with E-state index in [-0.39, 0.29) is 0 Å². The second-order valence-corrected chi connectivity index (χ2v) is 7.19. The summed E-state index contributed by atoms with van der Waals surface area (Å²) < 4.78 is 20.7. The van der Waals surface area contributed by atoms with Crippen LogP contribution in [0.2, 0.25) is 0 Å². The fourth-order valence-electron chi connectivity index (χ4n) is 2.76. The van der Waals surface area contributed by atoms with Crippen molar-refractivity contribution in [3.63, 3.8) is 0 Å². The van der Waals surface area contributed by atoms with Gasteiger partial charge in [-0.25, -0.2) is 14.8 Å². The monoisotopic (exact) mass is 469 g/mol. The molecule has 2 heterocycles. The lowest BCUT2D eigenvalue weighted by Gasteiger charge is -2.12. The van der Waals surface area contributed by atoms with E-state index in [0.29, 0.717) is 52.0 Å². The first-order valence-corrected chi connectivity index (χ1v) is 11.1. The van der Waals surface area contributed by atoms with Crippen molar-refractivity contribution in [2.75, 3.05) is 27.1 Å². The maximum Gasteiger partial charge on any atom is 0.434 e. The summed E-state index contributed by atoms with van der Waals surface area (Å²) in [6.07, 6.45) is 2.64. The molecule has 0 saturated heterocycles. The molecule has 1 aromatic carbocycles. The lowest BCUT2D eigenvalue weighted by molar-refractivity contribution is 0.183. The molecule has 0 fully saturated rings. The lowest BCUT2D eigenvalue weighted by Crippen LogP contribution is -2.15. The fraction of sp³-hybridized carbons (Fsp3) is 0.273. The van der Waals surface area contributed by atoms with Gasteiger partial charge in [0, 0.05) is 24.2 Å². The molecule has 0 N–H and O–H groups in total. The zero-order valence-electron chi connectivity index (χ0n) is 18.9. The number of benzene rings is 1. The summed E-state index contributed by atoms with van der Waals surface area (Å²) in [5, 5.41) is 4.28. The second kappa shape index (κ2) is 11.2. The minimum Gasteiger partial charge on any atom is -0.488 e. The number of hydrogen-bond acceptors (Lipinski definition) is 10. The number of aryl methyl sites for hydroxylation is 1. The topological polar surface area (TPSA) is 121 Å². The van der Waals surface area contributed by atoms with Crippen molar-refractivity contribution in [2.24, 2.45) is 9.98 Å². The van der Waals surface area contributed by atoms with Gasteiger partial charge in [0.2, 0.25) is 11.7 Å². The number of ether oxygens (including phenoxy) is 3. The Balaban J connectivity index is 2.09. The van der Waals surface area contributed by atoms with E-state index in [0.717, 1.165) is 5.56 Å². The first kappa shape index (κ1) is 23.9. The summed E-state index contributed by atoms with van der Waals surface area (Å²) in [5.74, 6) is 1.76. The highest BCUT2D eigenvalue weighted by atomic mass is 32.2. The van der Waals surface area contributed by atoms with Gasteiger partial charge >= 0.3 is 6.09 Å². The minimum atomic E-state index is -0.735. The molecule has 0 aliphatic carbocycles. The van der Waals surface area contributed by atoms with Crippen molar-refractivity contribution < 1.29 is 23.5 Å². The largest absolute Gasteiger partial charge is 0.488 e. The number of thioether (sulfide) groups is 1. The number of aliphatic imine (C=N–C) groups is 2. The average molecular weight is 470 g/mol. The van der Waals surface area contributed by atoms with Crippen LogP contribution in [-0.4, -0.2) is 59.1 Å². The SMILES string of the molecule is CCOc1cc(C(=N/c2ccc(-c3noc(C)n3)cc2)/C(=N/C(=O)OC)SC)cnc1OC. The Hall–Kier alpha value is -3.73. The zero-order chi connectivity index (χ0) is 23.8. The molecule has 172 valence electrons. The van der Waals surface area contributed by atoms with E-state index in [1.165, 1.54) is 26.0 Å². The third-order valence-corrected chi connectivity index (χ3v) is 4.91. The van der Waals surface area contributed by atoms with Crippen LogP contribution in [0.15, 0.2) is 51.0 Å². The van der Waals surface area contributed by atoms with Crippen LogP contribution < -0.4 is 9.47 Å². The summed E-state index contributed by atoms with van der Waals surface area (Å²) in [7, 11) is 2.78. The highest BCUT2D eigenvalue weighted by Crippen LogP contribution is 2.28. The number of hydrogen-bond donors (Lipinski definition) is 0. The maximum absolute atomic E-state index is 11.9. The number of amides is 1. The number of pyridine rings is 1. The number of carbonyl (C=O) groups is 1. The number of methoxy groups -OCH3 is 2. The van der Waals surface area contributed by atoms with Crippen molar-refractivity contribution in [1.82, 2.24) is 15.1 Å². The predicted octanol–water partition coefficient (Wildman–Crippen LogP) is 4.50. The Morgan fingerprint density at radius 1 is 1.21 bits per heavy atom. The predicted molar refractivity (Wildman–Crippen MR) is 126 cm³/mol. The smallest absolute Gasteiger partial charge is 0.434 e. The van der Waals surface area contributed by atoms with Gasteiger partial charge in [-0.15, -0.1) is 11.8 Å². The van der Waals surface area contributed by atoms with E-state index in [2.05, 4.69) is 20.1 Å². The van der Waals surface area contributed by atoms with Crippen LogP contribution in [0.1, 0.15) is 18.4 Å². The minimum absolute atomic E-state index is 0.343. The summed E-state index contributed by atoms with van der Waals surface area (Å²) >= 11 is 1.25. The summed E-state index contributed by atoms with van der Waals surface area (Å²) in [5.41, 5.74) is 2.42. The average Bonchev–Trinajstić information content (AvgIpc) is 3.27. The Labute approximate surface area is 195 Å². The van der Waals surface area contributed by atoms with Crippen LogP contribution >= 0.6 is 11.8 Å². The van der Waals surface area contributed by atoms with Gasteiger partial charge < -0.3 is 18.7 Å². The van der Waals surface area contributed by atoms with Crippen LogP contribution in [-0.2, 0) is 4.74 Å². The highest BCUT2D eigenvalue weighted by Gasteiger charge is 2.18. The normalized spacial score (nSPS) is 11.9. The Morgan fingerprint density at radius 2 is 1.97 bits per heavy atom. The quantitative estimate of drug-likeness (QED) is 0.364. The van der Waals surface area contributed by atoms with Crippen molar-refractivity contribution in [1.29, 1.82) is 0 Å². The van der Waals surface area contributed by atoms with Crippen LogP contribution in [0.25, 0.3) is 11.4 Å². The van der Waals surface area contributed by atoms with E-state index >= 15 is 0 Å². The van der Waals surface area contributed by atoms with Gasteiger partial charge in [-0.05, 0) is 43.5 Å². The molecule has 10 nitrogen and oxygen atoms in total. The molecular formula is C22H23N5O5S. The number of rotatable bonds is 7. The van der Waals surface area contributed by atoms with Gasteiger partial charge in [-0.1, -0.05) is 5.16 Å². The molecule has 0 bridgehead atoms. The van der Waals surface area contributed by atoms with Crippen molar-refractivity contribution >= 4 is 34.3 Å². The van der Waals surface area contributed by atoms with E-state index in [4.69, 9.17) is 23.7 Å². The van der Waals surface area contributed by atoms with E-state index < -0.39 is 6.09 Å². The van der Waals surface area contributed by atoms with Gasteiger partial charge in [0.15, 0.2) is 5.75 Å². The molecule has 3 rings (SSSR count). The number of carbonyl (C=O) groups excluding carboxylic acids is 1. The molecule has 1 amide bonds. The molecule has 0 spiro atoms. The van der Waals surface area contributed by atoms with Gasteiger partial charge in [0.25, 0.3) is 5.88 Å². The highest BCUT2D eigenvalue weighted by molar-refractivity contribution is 8.15. The molecule has 33 heavy (non-hydrogen) atoms. The molecule has 0 aliphatic rings. The van der Waals surface area contributed by atoms with Crippen LogP contribution in [0.4, 0.5) is 10.5 Å². The fourth-order valence-corrected chi connectivity index (χ4v) is 3.29. The maximum atomic E-state index is 11.9. The Kier molecular flexibility index (Phi) is 8.14. The summed E-state index contributed by atoms with van der Waals surface area (Å²) in [4.78, 5) is 29.2. The molecule has 2 aromatic heterocycles. The molecular weight excluding hydrogens is 446 g/mol. The van der Waals surface area contributed by atoms with Gasteiger partial charge in [-0.3, -0.25) is 0 Å². The summed E-state index contributed by atoms with van der Waals surface area (Å²) in [6, 6.07) is 9.01. The van der Waals surface area contributed by atoms with Gasteiger partial charge in [0.05, 0.1) is 26.5 Å². The molecule has 0 saturated carbocycles.